The van der Waals surface area contributed by atoms with Crippen LogP contribution >= 0.6 is 0 Å². The van der Waals surface area contributed by atoms with Crippen molar-refractivity contribution in [1.82, 2.24) is 0 Å². The van der Waals surface area contributed by atoms with Crippen LogP contribution in [0.15, 0.2) is 24.3 Å². The Bertz CT molecular complexity index is 375. The number of rotatable bonds is 4. The van der Waals surface area contributed by atoms with Gasteiger partial charge in [0.1, 0.15) is 5.82 Å². The summed E-state index contributed by atoms with van der Waals surface area (Å²) in [4.78, 5) is 21.1. The van der Waals surface area contributed by atoms with Gasteiger partial charge >= 0.3 is 11.9 Å². The summed E-state index contributed by atoms with van der Waals surface area (Å²) in [5, 5.41) is 8.23. The minimum Gasteiger partial charge on any atom is -0.479 e. The first-order chi connectivity index (χ1) is 7.09. The molecule has 1 N–H and O–H groups in total. The van der Waals surface area contributed by atoms with Gasteiger partial charge in [-0.2, -0.15) is 0 Å². The molecule has 0 aromatic heterocycles. The summed E-state index contributed by atoms with van der Waals surface area (Å²) in [5.41, 5.74) is 0.188. The number of esters is 1. The van der Waals surface area contributed by atoms with Gasteiger partial charge in [-0.15, -0.1) is 0 Å². The summed E-state index contributed by atoms with van der Waals surface area (Å²) in [6, 6.07) is 5.75. The number of halogens is 1. The molecule has 0 radical (unpaired) electrons. The van der Waals surface area contributed by atoms with Crippen LogP contribution < -0.4 is 0 Å². The number of aliphatic carboxylic acids is 1. The second kappa shape index (κ2) is 5.09. The van der Waals surface area contributed by atoms with Crippen LogP contribution in [0.4, 0.5) is 4.39 Å². The molecule has 15 heavy (non-hydrogen) atoms. The van der Waals surface area contributed by atoms with Crippen molar-refractivity contribution in [2.75, 3.05) is 6.61 Å². The fourth-order valence-electron chi connectivity index (χ4n) is 0.991. The molecule has 0 unspecified atom stereocenters. The molecule has 0 amide bonds. The molecule has 0 atom stereocenters. The van der Waals surface area contributed by atoms with E-state index in [0.29, 0.717) is 0 Å². The predicted molar refractivity (Wildman–Crippen MR) is 48.7 cm³/mol. The maximum Gasteiger partial charge on any atom is 0.341 e. The number of carbonyl (C=O) groups is 2. The summed E-state index contributed by atoms with van der Waals surface area (Å²) in [6.45, 7) is -0.701. The van der Waals surface area contributed by atoms with Gasteiger partial charge < -0.3 is 9.84 Å². The molecule has 0 aliphatic carbocycles. The van der Waals surface area contributed by atoms with Gasteiger partial charge in [0, 0.05) is 0 Å². The average molecular weight is 212 g/mol. The van der Waals surface area contributed by atoms with E-state index in [2.05, 4.69) is 4.74 Å². The maximum atomic E-state index is 13.0. The first-order valence-electron chi connectivity index (χ1n) is 4.20. The first kappa shape index (κ1) is 11.2. The van der Waals surface area contributed by atoms with E-state index in [9.17, 15) is 14.0 Å². The zero-order valence-corrected chi connectivity index (χ0v) is 7.77. The van der Waals surface area contributed by atoms with E-state index in [4.69, 9.17) is 5.11 Å². The maximum absolute atomic E-state index is 13.0. The van der Waals surface area contributed by atoms with Crippen molar-refractivity contribution in [2.45, 2.75) is 6.42 Å². The molecule has 0 fully saturated rings. The van der Waals surface area contributed by atoms with Crippen molar-refractivity contribution < 1.29 is 23.8 Å². The van der Waals surface area contributed by atoms with E-state index in [1.165, 1.54) is 18.2 Å². The quantitative estimate of drug-likeness (QED) is 0.756. The van der Waals surface area contributed by atoms with Crippen molar-refractivity contribution in [3.05, 3.63) is 35.6 Å². The molecule has 4 nitrogen and oxygen atoms in total. The van der Waals surface area contributed by atoms with Gasteiger partial charge in [-0.1, -0.05) is 18.2 Å². The minimum absolute atomic E-state index is 0.188. The molecule has 0 saturated carbocycles. The highest BCUT2D eigenvalue weighted by Crippen LogP contribution is 2.07. The molecule has 80 valence electrons. The van der Waals surface area contributed by atoms with E-state index in [1.807, 2.05) is 0 Å². The Balaban J connectivity index is 2.52. The van der Waals surface area contributed by atoms with Gasteiger partial charge in [0.25, 0.3) is 0 Å². The Morgan fingerprint density at radius 3 is 2.60 bits per heavy atom. The van der Waals surface area contributed by atoms with Crippen LogP contribution in [0.1, 0.15) is 5.56 Å². The van der Waals surface area contributed by atoms with Crippen LogP contribution in [0.5, 0.6) is 0 Å². The Morgan fingerprint density at radius 1 is 1.33 bits per heavy atom. The Morgan fingerprint density at radius 2 is 2.00 bits per heavy atom. The fraction of sp³-hybridized carbons (Fsp3) is 0.200. The summed E-state index contributed by atoms with van der Waals surface area (Å²) < 4.78 is 17.4. The van der Waals surface area contributed by atoms with E-state index in [-0.39, 0.29) is 12.0 Å². The Hall–Kier alpha value is -1.91. The van der Waals surface area contributed by atoms with Crippen molar-refractivity contribution in [3.63, 3.8) is 0 Å². The largest absolute Gasteiger partial charge is 0.479 e. The van der Waals surface area contributed by atoms with Gasteiger partial charge in [0.05, 0.1) is 6.42 Å². The number of hydrogen-bond acceptors (Lipinski definition) is 3. The summed E-state index contributed by atoms with van der Waals surface area (Å²) in [7, 11) is 0. The molecule has 0 bridgehead atoms. The summed E-state index contributed by atoms with van der Waals surface area (Å²) in [5.74, 6) is -2.51. The number of carboxylic acid groups (broad SMARTS) is 1. The predicted octanol–water partition coefficient (Wildman–Crippen LogP) is 0.996. The summed E-state index contributed by atoms with van der Waals surface area (Å²) >= 11 is 0. The van der Waals surface area contributed by atoms with Crippen LogP contribution in [-0.4, -0.2) is 23.7 Å². The van der Waals surface area contributed by atoms with Crippen molar-refractivity contribution in [1.29, 1.82) is 0 Å². The van der Waals surface area contributed by atoms with E-state index < -0.39 is 24.4 Å². The fourth-order valence-corrected chi connectivity index (χ4v) is 0.991. The lowest BCUT2D eigenvalue weighted by Gasteiger charge is -2.02. The molecular weight excluding hydrogens is 203 g/mol. The lowest BCUT2D eigenvalue weighted by Crippen LogP contribution is -2.15. The third kappa shape index (κ3) is 3.76. The van der Waals surface area contributed by atoms with Crippen molar-refractivity contribution >= 4 is 11.9 Å². The third-order valence-corrected chi connectivity index (χ3v) is 1.65. The van der Waals surface area contributed by atoms with E-state index in [1.54, 1.807) is 6.07 Å². The van der Waals surface area contributed by atoms with Gasteiger partial charge in [0.15, 0.2) is 6.61 Å². The number of ether oxygens (including phenoxy) is 1. The second-order valence-corrected chi connectivity index (χ2v) is 2.82. The lowest BCUT2D eigenvalue weighted by molar-refractivity contribution is -0.154. The van der Waals surface area contributed by atoms with Gasteiger partial charge in [0.2, 0.25) is 0 Å². The summed E-state index contributed by atoms with van der Waals surface area (Å²) in [6.07, 6.45) is -0.264. The number of carboxylic acids is 1. The van der Waals surface area contributed by atoms with Gasteiger partial charge in [-0.3, -0.25) is 4.79 Å². The van der Waals surface area contributed by atoms with Crippen LogP contribution in [0.3, 0.4) is 0 Å². The Labute approximate surface area is 85.3 Å². The van der Waals surface area contributed by atoms with Crippen molar-refractivity contribution in [3.8, 4) is 0 Å². The third-order valence-electron chi connectivity index (χ3n) is 1.65. The Kier molecular flexibility index (Phi) is 3.79. The van der Waals surface area contributed by atoms with Gasteiger partial charge in [-0.25, -0.2) is 9.18 Å². The number of carbonyl (C=O) groups excluding carboxylic acids is 1. The van der Waals surface area contributed by atoms with E-state index >= 15 is 0 Å². The number of hydrogen-bond donors (Lipinski definition) is 1. The molecule has 1 rings (SSSR count). The van der Waals surface area contributed by atoms with Crippen LogP contribution in [0, 0.1) is 5.82 Å². The monoisotopic (exact) mass is 212 g/mol. The standard InChI is InChI=1S/C10H9FO4/c11-8-4-2-1-3-7(8)5-10(14)15-6-9(12)13/h1-4H,5-6H2,(H,12,13). The average Bonchev–Trinajstić information content (AvgIpc) is 2.18. The zero-order chi connectivity index (χ0) is 11.3. The number of benzene rings is 1. The zero-order valence-electron chi connectivity index (χ0n) is 7.77. The topological polar surface area (TPSA) is 63.6 Å². The molecule has 0 spiro atoms. The van der Waals surface area contributed by atoms with Gasteiger partial charge in [-0.05, 0) is 11.6 Å². The lowest BCUT2D eigenvalue weighted by atomic mass is 10.1. The molecule has 0 aliphatic rings. The molecule has 1 aromatic carbocycles. The molecule has 5 heteroatoms. The van der Waals surface area contributed by atoms with Crippen molar-refractivity contribution in [2.24, 2.45) is 0 Å². The smallest absolute Gasteiger partial charge is 0.341 e. The minimum atomic E-state index is -1.24. The normalized spacial score (nSPS) is 9.67. The SMILES string of the molecule is O=C(O)COC(=O)Cc1ccccc1F. The molecule has 0 aliphatic heterocycles. The first-order valence-corrected chi connectivity index (χ1v) is 4.20. The molecule has 0 saturated heterocycles. The van der Waals surface area contributed by atoms with Crippen LogP contribution in [0.2, 0.25) is 0 Å². The van der Waals surface area contributed by atoms with E-state index in [0.717, 1.165) is 0 Å². The van der Waals surface area contributed by atoms with Crippen LogP contribution in [-0.2, 0) is 20.7 Å². The molecular formula is C10H9FO4. The second-order valence-electron chi connectivity index (χ2n) is 2.82. The molecule has 1 aromatic rings. The molecule has 0 heterocycles. The highest BCUT2D eigenvalue weighted by molar-refractivity contribution is 5.76. The highest BCUT2D eigenvalue weighted by atomic mass is 19.1. The van der Waals surface area contributed by atoms with Crippen LogP contribution in [0.25, 0.3) is 0 Å². The highest BCUT2D eigenvalue weighted by Gasteiger charge is 2.09.